The lowest BCUT2D eigenvalue weighted by Crippen LogP contribution is -2.47. The molecule has 0 saturated carbocycles. The van der Waals surface area contributed by atoms with Gasteiger partial charge in [0.25, 0.3) is 0 Å². The van der Waals surface area contributed by atoms with Gasteiger partial charge in [-0.05, 0) is 19.3 Å². The largest absolute Gasteiger partial charge is 0.351 e. The van der Waals surface area contributed by atoms with Crippen LogP contribution in [0.1, 0.15) is 32.0 Å². The fraction of sp³-hybridized carbons (Fsp3) is 0.667. The summed E-state index contributed by atoms with van der Waals surface area (Å²) in [5.41, 5.74) is 0. The Kier molecular flexibility index (Phi) is 3.94. The smallest absolute Gasteiger partial charge is 0.223 e. The molecular formula is C15H22N4O2. The molecule has 0 radical (unpaired) electrons. The first-order valence-corrected chi connectivity index (χ1v) is 7.69. The molecule has 2 aliphatic rings. The molecule has 0 aromatic carbocycles. The SMILES string of the molecule is CC(=O)N1CCC(C(=O)NC2CCc3nccn3C2)CC1. The van der Waals surface area contributed by atoms with Crippen molar-refractivity contribution in [1.82, 2.24) is 19.8 Å². The van der Waals surface area contributed by atoms with E-state index in [1.165, 1.54) is 0 Å². The van der Waals surface area contributed by atoms with Gasteiger partial charge in [0.1, 0.15) is 5.82 Å². The minimum Gasteiger partial charge on any atom is -0.351 e. The number of hydrogen-bond acceptors (Lipinski definition) is 3. The maximum absolute atomic E-state index is 12.4. The summed E-state index contributed by atoms with van der Waals surface area (Å²) in [4.78, 5) is 29.8. The maximum Gasteiger partial charge on any atom is 0.223 e. The van der Waals surface area contributed by atoms with Crippen LogP contribution in [-0.2, 0) is 22.6 Å². The van der Waals surface area contributed by atoms with Gasteiger partial charge in [-0.25, -0.2) is 4.98 Å². The highest BCUT2D eigenvalue weighted by Gasteiger charge is 2.28. The van der Waals surface area contributed by atoms with E-state index < -0.39 is 0 Å². The minimum absolute atomic E-state index is 0.0461. The Balaban J connectivity index is 1.50. The number of fused-ring (bicyclic) bond motifs is 1. The van der Waals surface area contributed by atoms with Crippen molar-refractivity contribution in [3.8, 4) is 0 Å². The van der Waals surface area contributed by atoms with E-state index in [4.69, 9.17) is 0 Å². The third kappa shape index (κ3) is 3.09. The van der Waals surface area contributed by atoms with E-state index in [9.17, 15) is 9.59 Å². The van der Waals surface area contributed by atoms with Crippen LogP contribution in [0.3, 0.4) is 0 Å². The Morgan fingerprint density at radius 1 is 1.29 bits per heavy atom. The molecule has 6 heteroatoms. The molecule has 1 fully saturated rings. The van der Waals surface area contributed by atoms with E-state index in [0.29, 0.717) is 13.1 Å². The van der Waals surface area contributed by atoms with E-state index in [1.54, 1.807) is 6.92 Å². The summed E-state index contributed by atoms with van der Waals surface area (Å²) in [6, 6.07) is 0.199. The molecule has 1 atom stereocenters. The van der Waals surface area contributed by atoms with Gasteiger partial charge in [0, 0.05) is 57.3 Å². The number of nitrogens with one attached hydrogen (secondary N) is 1. The van der Waals surface area contributed by atoms with E-state index in [-0.39, 0.29) is 23.8 Å². The predicted octanol–water partition coefficient (Wildman–Crippen LogP) is 0.573. The van der Waals surface area contributed by atoms with Gasteiger partial charge in [0.15, 0.2) is 0 Å². The second-order valence-corrected chi connectivity index (χ2v) is 6.02. The molecule has 6 nitrogen and oxygen atoms in total. The van der Waals surface area contributed by atoms with E-state index in [1.807, 2.05) is 17.3 Å². The molecule has 1 saturated heterocycles. The van der Waals surface area contributed by atoms with Crippen molar-refractivity contribution in [3.05, 3.63) is 18.2 Å². The molecule has 2 aliphatic heterocycles. The van der Waals surface area contributed by atoms with Crippen molar-refractivity contribution in [3.63, 3.8) is 0 Å². The van der Waals surface area contributed by atoms with Crippen LogP contribution in [0, 0.1) is 5.92 Å². The predicted molar refractivity (Wildman–Crippen MR) is 77.5 cm³/mol. The molecule has 1 N–H and O–H groups in total. The van der Waals surface area contributed by atoms with Crippen LogP contribution >= 0.6 is 0 Å². The quantitative estimate of drug-likeness (QED) is 0.866. The number of nitrogens with zero attached hydrogens (tertiary/aromatic N) is 3. The Morgan fingerprint density at radius 2 is 2.05 bits per heavy atom. The van der Waals surface area contributed by atoms with Crippen LogP contribution in [-0.4, -0.2) is 45.4 Å². The van der Waals surface area contributed by atoms with E-state index >= 15 is 0 Å². The lowest BCUT2D eigenvalue weighted by molar-refractivity contribution is -0.134. The highest BCUT2D eigenvalue weighted by molar-refractivity contribution is 5.79. The molecule has 0 aliphatic carbocycles. The summed E-state index contributed by atoms with van der Waals surface area (Å²) in [7, 11) is 0. The van der Waals surface area contributed by atoms with Gasteiger partial charge in [-0.2, -0.15) is 0 Å². The second-order valence-electron chi connectivity index (χ2n) is 6.02. The number of carbonyl (C=O) groups excluding carboxylic acids is 2. The number of imidazole rings is 1. The summed E-state index contributed by atoms with van der Waals surface area (Å²) in [6.45, 7) is 3.80. The maximum atomic E-state index is 12.4. The van der Waals surface area contributed by atoms with Gasteiger partial charge in [-0.1, -0.05) is 0 Å². The lowest BCUT2D eigenvalue weighted by Gasteiger charge is -2.32. The molecule has 3 rings (SSSR count). The molecule has 1 aromatic rings. The minimum atomic E-state index is 0.0461. The molecule has 0 spiro atoms. The summed E-state index contributed by atoms with van der Waals surface area (Å²) in [6.07, 6.45) is 7.20. The number of piperidine rings is 1. The molecule has 3 heterocycles. The monoisotopic (exact) mass is 290 g/mol. The zero-order valence-corrected chi connectivity index (χ0v) is 12.4. The molecule has 1 unspecified atom stereocenters. The van der Waals surface area contributed by atoms with Gasteiger partial charge >= 0.3 is 0 Å². The number of carbonyl (C=O) groups is 2. The second kappa shape index (κ2) is 5.87. The van der Waals surface area contributed by atoms with Crippen molar-refractivity contribution < 1.29 is 9.59 Å². The van der Waals surface area contributed by atoms with Crippen LogP contribution in [0.2, 0.25) is 0 Å². The fourth-order valence-corrected chi connectivity index (χ4v) is 3.26. The van der Waals surface area contributed by atoms with Crippen molar-refractivity contribution in [2.24, 2.45) is 5.92 Å². The third-order valence-corrected chi connectivity index (χ3v) is 4.59. The number of aryl methyl sites for hydroxylation is 1. The van der Waals surface area contributed by atoms with Crippen molar-refractivity contribution in [1.29, 1.82) is 0 Å². The topological polar surface area (TPSA) is 67.2 Å². The Bertz CT molecular complexity index is 532. The zero-order valence-electron chi connectivity index (χ0n) is 12.4. The van der Waals surface area contributed by atoms with Gasteiger partial charge < -0.3 is 14.8 Å². The van der Waals surface area contributed by atoms with Gasteiger partial charge in [-0.3, -0.25) is 9.59 Å². The molecule has 114 valence electrons. The van der Waals surface area contributed by atoms with Crippen molar-refractivity contribution in [2.75, 3.05) is 13.1 Å². The average Bonchev–Trinajstić information content (AvgIpc) is 2.95. The van der Waals surface area contributed by atoms with Gasteiger partial charge in [0.2, 0.25) is 11.8 Å². The third-order valence-electron chi connectivity index (χ3n) is 4.59. The van der Waals surface area contributed by atoms with E-state index in [0.717, 1.165) is 38.1 Å². The molecular weight excluding hydrogens is 268 g/mol. The Hall–Kier alpha value is -1.85. The van der Waals surface area contributed by atoms with Crippen LogP contribution < -0.4 is 5.32 Å². The summed E-state index contributed by atoms with van der Waals surface area (Å²) in [5, 5.41) is 3.17. The first kappa shape index (κ1) is 14.1. The number of amides is 2. The molecule has 0 bridgehead atoms. The fourth-order valence-electron chi connectivity index (χ4n) is 3.26. The van der Waals surface area contributed by atoms with Crippen LogP contribution in [0.5, 0.6) is 0 Å². The zero-order chi connectivity index (χ0) is 14.8. The summed E-state index contributed by atoms with van der Waals surface area (Å²) in [5.74, 6) is 1.40. The van der Waals surface area contributed by atoms with Gasteiger partial charge in [-0.15, -0.1) is 0 Å². The normalized spacial score (nSPS) is 22.7. The van der Waals surface area contributed by atoms with Crippen molar-refractivity contribution >= 4 is 11.8 Å². The molecule has 2 amide bonds. The van der Waals surface area contributed by atoms with E-state index in [2.05, 4.69) is 14.9 Å². The lowest BCUT2D eigenvalue weighted by atomic mass is 9.95. The first-order valence-electron chi connectivity index (χ1n) is 7.69. The highest BCUT2D eigenvalue weighted by Crippen LogP contribution is 2.19. The Labute approximate surface area is 124 Å². The molecule has 1 aromatic heterocycles. The van der Waals surface area contributed by atoms with Gasteiger partial charge in [0.05, 0.1) is 0 Å². The molecule has 21 heavy (non-hydrogen) atoms. The number of aromatic nitrogens is 2. The average molecular weight is 290 g/mol. The Morgan fingerprint density at radius 3 is 2.76 bits per heavy atom. The van der Waals surface area contributed by atoms with Crippen LogP contribution in [0.4, 0.5) is 0 Å². The van der Waals surface area contributed by atoms with Crippen LogP contribution in [0.25, 0.3) is 0 Å². The summed E-state index contributed by atoms with van der Waals surface area (Å²) < 4.78 is 2.12. The highest BCUT2D eigenvalue weighted by atomic mass is 16.2. The number of hydrogen-bond donors (Lipinski definition) is 1. The number of likely N-dealkylation sites (tertiary alicyclic amines) is 1. The number of rotatable bonds is 2. The van der Waals surface area contributed by atoms with Crippen molar-refractivity contribution in [2.45, 2.75) is 45.2 Å². The summed E-state index contributed by atoms with van der Waals surface area (Å²) >= 11 is 0. The van der Waals surface area contributed by atoms with Crippen LogP contribution in [0.15, 0.2) is 12.4 Å². The first-order chi connectivity index (χ1) is 10.1. The standard InChI is InChI=1S/C15H22N4O2/c1-11(20)18-7-4-12(5-8-18)15(21)17-13-2-3-14-16-6-9-19(14)10-13/h6,9,12-13H,2-5,7-8,10H2,1H3,(H,17,21).